The maximum absolute atomic E-state index is 4.24. The number of aromatic nitrogens is 2. The number of rotatable bonds is 4. The Kier molecular flexibility index (Phi) is 2.25. The molecule has 1 N–H and O–H groups in total. The molecule has 1 heterocycles. The van der Waals surface area contributed by atoms with Gasteiger partial charge in [0.05, 0.1) is 0 Å². The van der Waals surface area contributed by atoms with Crippen molar-refractivity contribution in [1.29, 1.82) is 0 Å². The molecule has 2 rings (SSSR count). The standard InChI is InChI=1S/C10H17N3/c1-3-4-8-7-9(8)12-10-11-5-6-13(10)2/h5-6,8-9H,3-4,7H2,1-2H3,(H,11,12). The smallest absolute Gasteiger partial charge is 0.202 e. The lowest BCUT2D eigenvalue weighted by atomic mass is 10.2. The maximum atomic E-state index is 4.24. The van der Waals surface area contributed by atoms with Gasteiger partial charge in [0.15, 0.2) is 0 Å². The second kappa shape index (κ2) is 3.40. The van der Waals surface area contributed by atoms with Crippen molar-refractivity contribution in [3.8, 4) is 0 Å². The molecule has 3 nitrogen and oxygen atoms in total. The van der Waals surface area contributed by atoms with E-state index < -0.39 is 0 Å². The third-order valence-corrected chi connectivity index (χ3v) is 2.72. The van der Waals surface area contributed by atoms with Crippen LogP contribution in [0, 0.1) is 5.92 Å². The first-order valence-electron chi connectivity index (χ1n) is 5.05. The molecule has 1 saturated carbocycles. The predicted octanol–water partition coefficient (Wildman–Crippen LogP) is 2.02. The van der Waals surface area contributed by atoms with Crippen LogP contribution in [0.15, 0.2) is 12.4 Å². The SMILES string of the molecule is CCCC1CC1Nc1nccn1C. The fourth-order valence-corrected chi connectivity index (χ4v) is 1.78. The fraction of sp³-hybridized carbons (Fsp3) is 0.700. The van der Waals surface area contributed by atoms with Gasteiger partial charge in [-0.2, -0.15) is 0 Å². The lowest BCUT2D eigenvalue weighted by Gasteiger charge is -2.04. The summed E-state index contributed by atoms with van der Waals surface area (Å²) in [6.45, 7) is 2.25. The zero-order chi connectivity index (χ0) is 9.26. The van der Waals surface area contributed by atoms with E-state index in [-0.39, 0.29) is 0 Å². The minimum atomic E-state index is 0.682. The van der Waals surface area contributed by atoms with Crippen molar-refractivity contribution in [3.63, 3.8) is 0 Å². The van der Waals surface area contributed by atoms with E-state index in [2.05, 4.69) is 17.2 Å². The molecule has 0 spiro atoms. The second-order valence-corrected chi connectivity index (χ2v) is 3.90. The molecule has 0 bridgehead atoms. The summed E-state index contributed by atoms with van der Waals surface area (Å²) in [6, 6.07) is 0.682. The highest BCUT2D eigenvalue weighted by atomic mass is 15.2. The van der Waals surface area contributed by atoms with E-state index in [1.807, 2.05) is 24.0 Å². The summed E-state index contributed by atoms with van der Waals surface area (Å²) in [6.07, 6.45) is 7.77. The Labute approximate surface area is 79.2 Å². The molecular formula is C10H17N3. The number of nitrogens with zero attached hydrogens (tertiary/aromatic N) is 2. The minimum Gasteiger partial charge on any atom is -0.353 e. The van der Waals surface area contributed by atoms with Crippen LogP contribution in [0.2, 0.25) is 0 Å². The lowest BCUT2D eigenvalue weighted by Crippen LogP contribution is -2.08. The van der Waals surface area contributed by atoms with Gasteiger partial charge < -0.3 is 9.88 Å². The number of nitrogens with one attached hydrogen (secondary N) is 1. The predicted molar refractivity (Wildman–Crippen MR) is 53.6 cm³/mol. The number of hydrogen-bond donors (Lipinski definition) is 1. The van der Waals surface area contributed by atoms with Crippen molar-refractivity contribution in [2.75, 3.05) is 5.32 Å². The Morgan fingerprint density at radius 2 is 2.54 bits per heavy atom. The average molecular weight is 179 g/mol. The van der Waals surface area contributed by atoms with Crippen molar-refractivity contribution >= 4 is 5.95 Å². The zero-order valence-corrected chi connectivity index (χ0v) is 8.33. The highest BCUT2D eigenvalue weighted by Crippen LogP contribution is 2.36. The van der Waals surface area contributed by atoms with Crippen LogP contribution < -0.4 is 5.32 Å². The number of hydrogen-bond acceptors (Lipinski definition) is 2. The van der Waals surface area contributed by atoms with Gasteiger partial charge in [-0.1, -0.05) is 13.3 Å². The number of imidazole rings is 1. The molecule has 0 aromatic carbocycles. The van der Waals surface area contributed by atoms with E-state index in [0.29, 0.717) is 6.04 Å². The molecule has 3 heteroatoms. The van der Waals surface area contributed by atoms with Crippen LogP contribution in [0.25, 0.3) is 0 Å². The van der Waals surface area contributed by atoms with Crippen LogP contribution in [-0.4, -0.2) is 15.6 Å². The van der Waals surface area contributed by atoms with E-state index in [1.165, 1.54) is 19.3 Å². The number of aryl methyl sites for hydroxylation is 1. The van der Waals surface area contributed by atoms with Gasteiger partial charge in [0.2, 0.25) is 5.95 Å². The molecule has 2 unspecified atom stereocenters. The third-order valence-electron chi connectivity index (χ3n) is 2.72. The van der Waals surface area contributed by atoms with Crippen LogP contribution >= 0.6 is 0 Å². The summed E-state index contributed by atoms with van der Waals surface area (Å²) in [5.74, 6) is 1.89. The molecule has 0 radical (unpaired) electrons. The Morgan fingerprint density at radius 1 is 1.69 bits per heavy atom. The summed E-state index contributed by atoms with van der Waals surface area (Å²) < 4.78 is 2.03. The molecule has 1 aromatic rings. The van der Waals surface area contributed by atoms with Crippen molar-refractivity contribution in [1.82, 2.24) is 9.55 Å². The monoisotopic (exact) mass is 179 g/mol. The molecule has 0 saturated heterocycles. The molecule has 1 aliphatic rings. The first-order valence-corrected chi connectivity index (χ1v) is 5.05. The topological polar surface area (TPSA) is 29.9 Å². The quantitative estimate of drug-likeness (QED) is 0.766. The molecule has 0 amide bonds. The molecule has 72 valence electrons. The van der Waals surface area contributed by atoms with Crippen molar-refractivity contribution < 1.29 is 0 Å². The Bertz CT molecular complexity index is 279. The Hall–Kier alpha value is -0.990. The van der Waals surface area contributed by atoms with Gasteiger partial charge in [-0.3, -0.25) is 0 Å². The largest absolute Gasteiger partial charge is 0.353 e. The van der Waals surface area contributed by atoms with Crippen LogP contribution in [0.5, 0.6) is 0 Å². The van der Waals surface area contributed by atoms with Crippen LogP contribution in [0.4, 0.5) is 5.95 Å². The molecule has 13 heavy (non-hydrogen) atoms. The summed E-state index contributed by atoms with van der Waals surface area (Å²) in [4.78, 5) is 4.24. The molecule has 1 fully saturated rings. The Morgan fingerprint density at radius 3 is 3.15 bits per heavy atom. The van der Waals surface area contributed by atoms with E-state index >= 15 is 0 Å². The van der Waals surface area contributed by atoms with Crippen molar-refractivity contribution in [2.45, 2.75) is 32.2 Å². The van der Waals surface area contributed by atoms with Gasteiger partial charge in [0.25, 0.3) is 0 Å². The highest BCUT2D eigenvalue weighted by molar-refractivity contribution is 5.30. The summed E-state index contributed by atoms with van der Waals surface area (Å²) in [5.41, 5.74) is 0. The van der Waals surface area contributed by atoms with Crippen LogP contribution in [0.1, 0.15) is 26.2 Å². The van der Waals surface area contributed by atoms with Gasteiger partial charge in [-0.05, 0) is 18.8 Å². The normalized spacial score (nSPS) is 26.0. The first kappa shape index (κ1) is 8.60. The molecule has 2 atom stereocenters. The van der Waals surface area contributed by atoms with Crippen molar-refractivity contribution in [3.05, 3.63) is 12.4 Å². The summed E-state index contributed by atoms with van der Waals surface area (Å²) in [7, 11) is 2.02. The van der Waals surface area contributed by atoms with Crippen molar-refractivity contribution in [2.24, 2.45) is 13.0 Å². The van der Waals surface area contributed by atoms with E-state index in [4.69, 9.17) is 0 Å². The van der Waals surface area contributed by atoms with E-state index in [9.17, 15) is 0 Å². The summed E-state index contributed by atoms with van der Waals surface area (Å²) >= 11 is 0. The van der Waals surface area contributed by atoms with E-state index in [0.717, 1.165) is 11.9 Å². The van der Waals surface area contributed by atoms with E-state index in [1.54, 1.807) is 0 Å². The van der Waals surface area contributed by atoms with Gasteiger partial charge >= 0.3 is 0 Å². The fourth-order valence-electron chi connectivity index (χ4n) is 1.78. The molecular weight excluding hydrogens is 162 g/mol. The van der Waals surface area contributed by atoms with Gasteiger partial charge in [-0.15, -0.1) is 0 Å². The molecule has 1 aliphatic carbocycles. The maximum Gasteiger partial charge on any atom is 0.202 e. The second-order valence-electron chi connectivity index (χ2n) is 3.90. The van der Waals surface area contributed by atoms with Gasteiger partial charge in [0, 0.05) is 25.5 Å². The minimum absolute atomic E-state index is 0.682. The Balaban J connectivity index is 1.84. The third kappa shape index (κ3) is 1.85. The average Bonchev–Trinajstić information content (AvgIpc) is 2.69. The number of anilines is 1. The van der Waals surface area contributed by atoms with Crippen LogP contribution in [-0.2, 0) is 7.05 Å². The van der Waals surface area contributed by atoms with Gasteiger partial charge in [-0.25, -0.2) is 4.98 Å². The zero-order valence-electron chi connectivity index (χ0n) is 8.33. The molecule has 0 aliphatic heterocycles. The summed E-state index contributed by atoms with van der Waals surface area (Å²) in [5, 5.41) is 3.45. The van der Waals surface area contributed by atoms with Gasteiger partial charge in [0.1, 0.15) is 0 Å². The highest BCUT2D eigenvalue weighted by Gasteiger charge is 2.36. The lowest BCUT2D eigenvalue weighted by molar-refractivity contribution is 0.689. The molecule has 1 aromatic heterocycles. The van der Waals surface area contributed by atoms with Crippen LogP contribution in [0.3, 0.4) is 0 Å². The first-order chi connectivity index (χ1) is 6.31.